The third kappa shape index (κ3) is 57.4. The zero-order chi connectivity index (χ0) is 51.4. The molecule has 0 aliphatic heterocycles. The van der Waals surface area contributed by atoms with Crippen molar-refractivity contribution in [2.24, 2.45) is 0 Å². The summed E-state index contributed by atoms with van der Waals surface area (Å²) in [6.45, 7) is 6.57. The highest BCUT2D eigenvalue weighted by molar-refractivity contribution is 5.71. The molecule has 0 N–H and O–H groups in total. The van der Waals surface area contributed by atoms with Gasteiger partial charge in [0, 0.05) is 19.3 Å². The van der Waals surface area contributed by atoms with E-state index in [2.05, 4.69) is 106 Å². The van der Waals surface area contributed by atoms with E-state index in [1.165, 1.54) is 154 Å². The van der Waals surface area contributed by atoms with Crippen LogP contribution in [0.1, 0.15) is 290 Å². The first-order valence-electron chi connectivity index (χ1n) is 30.2. The Hall–Kier alpha value is -3.41. The highest BCUT2D eigenvalue weighted by atomic mass is 16.6. The second-order valence-electron chi connectivity index (χ2n) is 20.0. The number of rotatable bonds is 54. The lowest BCUT2D eigenvalue weighted by molar-refractivity contribution is -0.167. The normalized spacial score (nSPS) is 12.7. The predicted octanol–water partition coefficient (Wildman–Crippen LogP) is 20.3. The molecule has 0 spiro atoms. The van der Waals surface area contributed by atoms with Crippen LogP contribution in [0.3, 0.4) is 0 Å². The molecule has 71 heavy (non-hydrogen) atoms. The van der Waals surface area contributed by atoms with Crippen LogP contribution in [0.25, 0.3) is 0 Å². The standard InChI is InChI=1S/C65H112O6/c1-4-7-10-13-16-19-22-25-28-31-33-35-37-40-43-46-49-52-55-58-64(67)70-61-62(60-69-63(66)57-54-51-48-45-42-39-36-30-27-24-21-18-15-12-9-6-3)71-65(68)59-56-53-50-47-44-41-38-34-32-29-26-23-20-17-14-11-8-5-2/h17,20,23,26,29-34,36,38-39,42,62H,4-16,18-19,21-22,24-25,27-28,35,37,40-41,43-61H2,1-3H3/b20-17-,26-23-,32-29-,33-31-,36-30-,38-34-,42-39-. The maximum atomic E-state index is 12.9. The molecular weight excluding hydrogens is 877 g/mol. The minimum absolute atomic E-state index is 0.0968. The lowest BCUT2D eigenvalue weighted by Crippen LogP contribution is -2.30. The Morgan fingerprint density at radius 2 is 0.521 bits per heavy atom. The van der Waals surface area contributed by atoms with Crippen molar-refractivity contribution in [3.63, 3.8) is 0 Å². The number of allylic oxidation sites excluding steroid dienone is 14. The van der Waals surface area contributed by atoms with Gasteiger partial charge in [-0.15, -0.1) is 0 Å². The summed E-state index contributed by atoms with van der Waals surface area (Å²) < 4.78 is 16.9. The number of hydrogen-bond acceptors (Lipinski definition) is 6. The summed E-state index contributed by atoms with van der Waals surface area (Å²) in [5.74, 6) is -0.943. The molecule has 1 unspecified atom stereocenters. The zero-order valence-electron chi connectivity index (χ0n) is 46.7. The van der Waals surface area contributed by atoms with E-state index in [0.29, 0.717) is 19.3 Å². The second kappa shape index (κ2) is 59.2. The maximum absolute atomic E-state index is 12.9. The lowest BCUT2D eigenvalue weighted by atomic mass is 10.1. The molecule has 6 heteroatoms. The molecule has 0 aliphatic carbocycles. The molecule has 0 aromatic rings. The SMILES string of the molecule is CCCCC\C=C/C=C\C=C/C=C\CCCCCCCC(=O)OC(COC(=O)CCCCC/C=C\C=C/CCCCCCCCC)COC(=O)CCCCCCCCC/C=C\CCCCCCCCCC. The second-order valence-corrected chi connectivity index (χ2v) is 20.0. The van der Waals surface area contributed by atoms with Gasteiger partial charge in [0.15, 0.2) is 6.10 Å². The van der Waals surface area contributed by atoms with Gasteiger partial charge in [-0.25, -0.2) is 0 Å². The average molecular weight is 990 g/mol. The molecule has 6 nitrogen and oxygen atoms in total. The summed E-state index contributed by atoms with van der Waals surface area (Å²) in [5, 5.41) is 0. The number of carbonyl (C=O) groups is 3. The fourth-order valence-corrected chi connectivity index (χ4v) is 8.38. The molecule has 1 atom stereocenters. The Balaban J connectivity index is 4.47. The van der Waals surface area contributed by atoms with E-state index in [1.54, 1.807) is 0 Å². The highest BCUT2D eigenvalue weighted by Gasteiger charge is 2.19. The molecule has 0 aromatic carbocycles. The topological polar surface area (TPSA) is 78.9 Å². The Kier molecular flexibility index (Phi) is 56.3. The Bertz CT molecular complexity index is 1370. The molecule has 0 saturated heterocycles. The molecule has 0 radical (unpaired) electrons. The number of ether oxygens (including phenoxy) is 3. The number of unbranched alkanes of at least 4 members (excludes halogenated alkanes) is 33. The zero-order valence-corrected chi connectivity index (χ0v) is 46.7. The summed E-state index contributed by atoms with van der Waals surface area (Å²) in [5.41, 5.74) is 0. The van der Waals surface area contributed by atoms with Gasteiger partial charge in [-0.1, -0.05) is 260 Å². The Morgan fingerprint density at radius 1 is 0.282 bits per heavy atom. The van der Waals surface area contributed by atoms with Crippen LogP contribution in [0.5, 0.6) is 0 Å². The van der Waals surface area contributed by atoms with Crippen LogP contribution >= 0.6 is 0 Å². The van der Waals surface area contributed by atoms with E-state index in [9.17, 15) is 14.4 Å². The van der Waals surface area contributed by atoms with Gasteiger partial charge in [0.2, 0.25) is 0 Å². The van der Waals surface area contributed by atoms with Gasteiger partial charge in [0.05, 0.1) is 0 Å². The molecule has 0 saturated carbocycles. The van der Waals surface area contributed by atoms with Crippen molar-refractivity contribution < 1.29 is 28.6 Å². The van der Waals surface area contributed by atoms with Crippen molar-refractivity contribution in [1.82, 2.24) is 0 Å². The van der Waals surface area contributed by atoms with Crippen LogP contribution in [-0.4, -0.2) is 37.2 Å². The summed E-state index contributed by atoms with van der Waals surface area (Å²) in [4.78, 5) is 38.2. The smallest absolute Gasteiger partial charge is 0.306 e. The van der Waals surface area contributed by atoms with Crippen LogP contribution in [0, 0.1) is 0 Å². The maximum Gasteiger partial charge on any atom is 0.306 e. The third-order valence-electron chi connectivity index (χ3n) is 13.0. The Labute approximate surface area is 439 Å². The summed E-state index contributed by atoms with van der Waals surface area (Å²) >= 11 is 0. The van der Waals surface area contributed by atoms with Crippen molar-refractivity contribution >= 4 is 17.9 Å². The minimum Gasteiger partial charge on any atom is -0.462 e. The number of hydrogen-bond donors (Lipinski definition) is 0. The van der Waals surface area contributed by atoms with Crippen LogP contribution in [0.2, 0.25) is 0 Å². The molecule has 408 valence electrons. The number of esters is 3. The predicted molar refractivity (Wildman–Crippen MR) is 307 cm³/mol. The molecule has 0 aromatic heterocycles. The summed E-state index contributed by atoms with van der Waals surface area (Å²) in [6.07, 6.45) is 77.1. The molecule has 0 rings (SSSR count). The molecule has 0 bridgehead atoms. The minimum atomic E-state index is -0.803. The molecule has 0 amide bonds. The van der Waals surface area contributed by atoms with Crippen LogP contribution in [0.15, 0.2) is 85.1 Å². The van der Waals surface area contributed by atoms with Crippen molar-refractivity contribution in [3.05, 3.63) is 85.1 Å². The fourth-order valence-electron chi connectivity index (χ4n) is 8.38. The monoisotopic (exact) mass is 989 g/mol. The molecular formula is C65H112O6. The first-order chi connectivity index (χ1) is 35.0. The highest BCUT2D eigenvalue weighted by Crippen LogP contribution is 2.15. The van der Waals surface area contributed by atoms with Gasteiger partial charge < -0.3 is 14.2 Å². The quantitative estimate of drug-likeness (QED) is 0.0199. The summed E-state index contributed by atoms with van der Waals surface area (Å²) in [7, 11) is 0. The van der Waals surface area contributed by atoms with Crippen LogP contribution in [0.4, 0.5) is 0 Å². The van der Waals surface area contributed by atoms with Gasteiger partial charge in [-0.05, 0) is 96.3 Å². The first kappa shape index (κ1) is 67.6. The lowest BCUT2D eigenvalue weighted by Gasteiger charge is -2.18. The molecule has 0 aliphatic rings. The van der Waals surface area contributed by atoms with Crippen LogP contribution in [-0.2, 0) is 28.6 Å². The van der Waals surface area contributed by atoms with E-state index in [1.807, 2.05) is 0 Å². The van der Waals surface area contributed by atoms with E-state index < -0.39 is 6.10 Å². The number of carbonyl (C=O) groups excluding carboxylic acids is 3. The first-order valence-corrected chi connectivity index (χ1v) is 30.2. The average Bonchev–Trinajstić information content (AvgIpc) is 3.37. The Morgan fingerprint density at radius 3 is 0.887 bits per heavy atom. The summed E-state index contributed by atoms with van der Waals surface area (Å²) in [6, 6.07) is 0. The van der Waals surface area contributed by atoms with Crippen molar-refractivity contribution in [2.45, 2.75) is 297 Å². The van der Waals surface area contributed by atoms with E-state index in [-0.39, 0.29) is 31.1 Å². The largest absolute Gasteiger partial charge is 0.462 e. The van der Waals surface area contributed by atoms with Crippen molar-refractivity contribution in [3.8, 4) is 0 Å². The van der Waals surface area contributed by atoms with Crippen molar-refractivity contribution in [2.75, 3.05) is 13.2 Å². The van der Waals surface area contributed by atoms with Gasteiger partial charge in [-0.2, -0.15) is 0 Å². The molecule has 0 heterocycles. The van der Waals surface area contributed by atoms with Gasteiger partial charge in [0.1, 0.15) is 13.2 Å². The van der Waals surface area contributed by atoms with Gasteiger partial charge in [0.25, 0.3) is 0 Å². The van der Waals surface area contributed by atoms with Crippen LogP contribution < -0.4 is 0 Å². The molecule has 0 fully saturated rings. The van der Waals surface area contributed by atoms with Gasteiger partial charge in [-0.3, -0.25) is 14.4 Å². The third-order valence-corrected chi connectivity index (χ3v) is 13.0. The van der Waals surface area contributed by atoms with E-state index in [0.717, 1.165) is 96.3 Å². The van der Waals surface area contributed by atoms with E-state index in [4.69, 9.17) is 14.2 Å². The van der Waals surface area contributed by atoms with Gasteiger partial charge >= 0.3 is 17.9 Å². The van der Waals surface area contributed by atoms with E-state index >= 15 is 0 Å². The van der Waals surface area contributed by atoms with Crippen molar-refractivity contribution in [1.29, 1.82) is 0 Å². The fraction of sp³-hybridized carbons (Fsp3) is 0.738.